The first-order chi connectivity index (χ1) is 12.1. The highest BCUT2D eigenvalue weighted by atomic mass is 35.5. The number of esters is 1. The first-order valence-corrected chi connectivity index (χ1v) is 8.77. The Hall–Kier alpha value is -2.44. The molecule has 128 valence electrons. The topological polar surface area (TPSA) is 61.3 Å². The zero-order valence-corrected chi connectivity index (χ0v) is 15.0. The summed E-state index contributed by atoms with van der Waals surface area (Å²) in [6, 6.07) is 10.3. The van der Waals surface area contributed by atoms with Crippen LogP contribution >= 0.6 is 22.9 Å². The minimum Gasteiger partial charge on any atom is -0.487 e. The summed E-state index contributed by atoms with van der Waals surface area (Å²) in [5.74, 6) is 0.165. The lowest BCUT2D eigenvalue weighted by molar-refractivity contribution is 0.0472. The molecule has 0 saturated carbocycles. The fourth-order valence-electron chi connectivity index (χ4n) is 2.07. The normalized spacial score (nSPS) is 10.5. The Kier molecular flexibility index (Phi) is 5.63. The lowest BCUT2D eigenvalue weighted by Gasteiger charge is -2.08. The van der Waals surface area contributed by atoms with E-state index in [0.717, 1.165) is 16.3 Å². The van der Waals surface area contributed by atoms with Crippen molar-refractivity contribution in [2.24, 2.45) is 0 Å². The van der Waals surface area contributed by atoms with Gasteiger partial charge in [0.1, 0.15) is 24.1 Å². The zero-order valence-electron chi connectivity index (χ0n) is 13.4. The predicted octanol–water partition coefficient (Wildman–Crippen LogP) is 4.44. The molecule has 3 aromatic rings. The van der Waals surface area contributed by atoms with Gasteiger partial charge in [-0.3, -0.25) is 0 Å². The van der Waals surface area contributed by atoms with Gasteiger partial charge in [0.2, 0.25) is 0 Å². The van der Waals surface area contributed by atoms with Crippen LogP contribution in [0.15, 0.2) is 48.0 Å². The van der Waals surface area contributed by atoms with Crippen molar-refractivity contribution in [2.75, 3.05) is 0 Å². The molecule has 0 atom stereocenters. The molecule has 1 aromatic carbocycles. The molecule has 0 aliphatic heterocycles. The number of thiazole rings is 1. The predicted molar refractivity (Wildman–Crippen MR) is 96.0 cm³/mol. The number of ether oxygens (including phenoxy) is 2. The molecule has 7 heteroatoms. The highest BCUT2D eigenvalue weighted by Gasteiger charge is 2.09. The fourth-order valence-corrected chi connectivity index (χ4v) is 2.78. The van der Waals surface area contributed by atoms with Crippen LogP contribution in [-0.4, -0.2) is 15.9 Å². The molecule has 2 aromatic heterocycles. The lowest BCUT2D eigenvalue weighted by atomic mass is 10.2. The third-order valence-electron chi connectivity index (χ3n) is 3.28. The van der Waals surface area contributed by atoms with E-state index in [9.17, 15) is 4.79 Å². The summed E-state index contributed by atoms with van der Waals surface area (Å²) in [5, 5.41) is 3.34. The van der Waals surface area contributed by atoms with E-state index >= 15 is 0 Å². The maximum atomic E-state index is 12.2. The summed E-state index contributed by atoms with van der Waals surface area (Å²) in [7, 11) is 0. The molecule has 3 rings (SSSR count). The highest BCUT2D eigenvalue weighted by Crippen LogP contribution is 2.17. The van der Waals surface area contributed by atoms with Gasteiger partial charge in [0.15, 0.2) is 0 Å². The van der Waals surface area contributed by atoms with Gasteiger partial charge in [-0.25, -0.2) is 14.8 Å². The highest BCUT2D eigenvalue weighted by molar-refractivity contribution is 7.09. The van der Waals surface area contributed by atoms with E-state index in [0.29, 0.717) is 23.1 Å². The van der Waals surface area contributed by atoms with Crippen LogP contribution in [0.3, 0.4) is 0 Å². The van der Waals surface area contributed by atoms with E-state index in [1.165, 1.54) is 0 Å². The average Bonchev–Trinajstić information content (AvgIpc) is 3.05. The first-order valence-electron chi connectivity index (χ1n) is 7.51. The summed E-state index contributed by atoms with van der Waals surface area (Å²) >= 11 is 7.30. The maximum Gasteiger partial charge on any atom is 0.338 e. The van der Waals surface area contributed by atoms with Crippen LogP contribution in [0.25, 0.3) is 0 Å². The van der Waals surface area contributed by atoms with Gasteiger partial charge in [-0.1, -0.05) is 23.7 Å². The minimum atomic E-state index is -0.426. The molecule has 0 unspecified atom stereocenters. The van der Waals surface area contributed by atoms with E-state index in [-0.39, 0.29) is 6.61 Å². The monoisotopic (exact) mass is 374 g/mol. The third-order valence-corrected chi connectivity index (χ3v) is 4.33. The molecule has 0 aliphatic rings. The number of hydrogen-bond donors (Lipinski definition) is 0. The minimum absolute atomic E-state index is 0.131. The van der Waals surface area contributed by atoms with E-state index in [1.807, 2.05) is 12.3 Å². The number of carbonyl (C=O) groups is 1. The van der Waals surface area contributed by atoms with Crippen LogP contribution in [0.2, 0.25) is 5.15 Å². The summed E-state index contributed by atoms with van der Waals surface area (Å²) in [6.45, 7) is 2.44. The van der Waals surface area contributed by atoms with E-state index in [2.05, 4.69) is 9.97 Å². The molecule has 25 heavy (non-hydrogen) atoms. The second kappa shape index (κ2) is 8.09. The molecule has 5 nitrogen and oxygen atoms in total. The van der Waals surface area contributed by atoms with Crippen molar-refractivity contribution in [3.63, 3.8) is 0 Å². The van der Waals surface area contributed by atoms with Crippen LogP contribution < -0.4 is 4.74 Å². The standard InChI is InChI=1S/C18H15ClN2O3S/c1-12-21-15(11-25-12)10-23-16-4-2-3-14(7-16)18(22)24-9-13-5-6-17(19)20-8-13/h2-8,11H,9-10H2,1H3. The smallest absolute Gasteiger partial charge is 0.338 e. The molecule has 0 saturated heterocycles. The number of carbonyl (C=O) groups excluding carboxylic acids is 1. The Morgan fingerprint density at radius 1 is 1.24 bits per heavy atom. The second-order valence-electron chi connectivity index (χ2n) is 5.24. The van der Waals surface area contributed by atoms with Crippen LogP contribution in [0.1, 0.15) is 26.6 Å². The number of hydrogen-bond acceptors (Lipinski definition) is 6. The largest absolute Gasteiger partial charge is 0.487 e. The summed E-state index contributed by atoms with van der Waals surface area (Å²) in [5.41, 5.74) is 2.06. The molecule has 2 heterocycles. The van der Waals surface area contributed by atoms with Crippen LogP contribution in [0.5, 0.6) is 5.75 Å². The number of halogens is 1. The quantitative estimate of drug-likeness (QED) is 0.471. The number of aromatic nitrogens is 2. The molecular weight excluding hydrogens is 360 g/mol. The first kappa shape index (κ1) is 17.4. The van der Waals surface area contributed by atoms with Crippen LogP contribution in [0.4, 0.5) is 0 Å². The van der Waals surface area contributed by atoms with E-state index in [1.54, 1.807) is 53.9 Å². The van der Waals surface area contributed by atoms with Crippen molar-refractivity contribution < 1.29 is 14.3 Å². The zero-order chi connectivity index (χ0) is 17.6. The van der Waals surface area contributed by atoms with Crippen molar-refractivity contribution in [1.29, 1.82) is 0 Å². The Balaban J connectivity index is 1.58. The number of pyridine rings is 1. The SMILES string of the molecule is Cc1nc(COc2cccc(C(=O)OCc3ccc(Cl)nc3)c2)cs1. The number of nitrogens with zero attached hydrogens (tertiary/aromatic N) is 2. The third kappa shape index (κ3) is 5.01. The molecule has 0 fully saturated rings. The van der Waals surface area contributed by atoms with Gasteiger partial charge in [0.25, 0.3) is 0 Å². The van der Waals surface area contributed by atoms with E-state index in [4.69, 9.17) is 21.1 Å². The van der Waals surface area contributed by atoms with Crippen LogP contribution in [0, 0.1) is 6.92 Å². The van der Waals surface area contributed by atoms with Gasteiger partial charge in [-0.15, -0.1) is 11.3 Å². The average molecular weight is 375 g/mol. The van der Waals surface area contributed by atoms with Gasteiger partial charge < -0.3 is 9.47 Å². The van der Waals surface area contributed by atoms with Gasteiger partial charge in [0.05, 0.1) is 16.3 Å². The van der Waals surface area contributed by atoms with Gasteiger partial charge >= 0.3 is 5.97 Å². The van der Waals surface area contributed by atoms with Crippen molar-refractivity contribution in [3.8, 4) is 5.75 Å². The van der Waals surface area contributed by atoms with Crippen molar-refractivity contribution in [1.82, 2.24) is 9.97 Å². The Morgan fingerprint density at radius 3 is 2.84 bits per heavy atom. The van der Waals surface area contributed by atoms with Crippen molar-refractivity contribution >= 4 is 28.9 Å². The van der Waals surface area contributed by atoms with Crippen LogP contribution in [-0.2, 0) is 18.0 Å². The molecule has 0 radical (unpaired) electrons. The fraction of sp³-hybridized carbons (Fsp3) is 0.167. The van der Waals surface area contributed by atoms with Gasteiger partial charge in [0, 0.05) is 17.1 Å². The Labute approximate surface area is 154 Å². The Morgan fingerprint density at radius 2 is 2.12 bits per heavy atom. The van der Waals surface area contributed by atoms with Gasteiger partial charge in [-0.05, 0) is 31.2 Å². The molecule has 0 spiro atoms. The van der Waals surface area contributed by atoms with Gasteiger partial charge in [-0.2, -0.15) is 0 Å². The summed E-state index contributed by atoms with van der Waals surface area (Å²) < 4.78 is 11.0. The second-order valence-corrected chi connectivity index (χ2v) is 6.69. The number of aryl methyl sites for hydroxylation is 1. The summed E-state index contributed by atoms with van der Waals surface area (Å²) in [6.07, 6.45) is 1.57. The molecule has 0 bridgehead atoms. The van der Waals surface area contributed by atoms with Crippen molar-refractivity contribution in [2.45, 2.75) is 20.1 Å². The van der Waals surface area contributed by atoms with Crippen molar-refractivity contribution in [3.05, 3.63) is 75.0 Å². The summed E-state index contributed by atoms with van der Waals surface area (Å²) in [4.78, 5) is 20.5. The number of rotatable bonds is 6. The number of benzene rings is 1. The lowest BCUT2D eigenvalue weighted by Crippen LogP contribution is -2.06. The molecular formula is C18H15ClN2O3S. The molecule has 0 aliphatic carbocycles. The Bertz CT molecular complexity index is 865. The van der Waals surface area contributed by atoms with E-state index < -0.39 is 5.97 Å². The molecule has 0 N–H and O–H groups in total. The molecule has 0 amide bonds. The maximum absolute atomic E-state index is 12.2.